The molecule has 0 spiro atoms. The highest BCUT2D eigenvalue weighted by molar-refractivity contribution is 5.20. The van der Waals surface area contributed by atoms with Gasteiger partial charge in [0, 0.05) is 6.42 Å². The fourth-order valence-corrected chi connectivity index (χ4v) is 1.21. The molecule has 66 valence electrons. The number of nitriles is 1. The maximum atomic E-state index is 8.39. The third kappa shape index (κ3) is 3.57. The first-order chi connectivity index (χ1) is 6.33. The van der Waals surface area contributed by atoms with Crippen LogP contribution in [0.2, 0.25) is 0 Å². The number of hydrogen-bond acceptors (Lipinski definition) is 1. The van der Waals surface area contributed by atoms with Crippen molar-refractivity contribution in [2.75, 3.05) is 0 Å². The molecule has 0 amide bonds. The van der Waals surface area contributed by atoms with Crippen molar-refractivity contribution in [2.45, 2.75) is 19.3 Å². The highest BCUT2D eigenvalue weighted by atomic mass is 14.2. The first kappa shape index (κ1) is 9.54. The van der Waals surface area contributed by atoms with Gasteiger partial charge in [0.1, 0.15) is 0 Å². The Morgan fingerprint density at radius 2 is 2.00 bits per heavy atom. The van der Waals surface area contributed by atoms with E-state index in [1.165, 1.54) is 5.56 Å². The van der Waals surface area contributed by atoms with E-state index in [9.17, 15) is 0 Å². The summed E-state index contributed by atoms with van der Waals surface area (Å²) in [4.78, 5) is 0. The Morgan fingerprint density at radius 3 is 2.62 bits per heavy atom. The average Bonchev–Trinajstić information content (AvgIpc) is 2.16. The molecule has 1 aromatic rings. The van der Waals surface area contributed by atoms with Crippen LogP contribution in [-0.2, 0) is 6.42 Å². The van der Waals surface area contributed by atoms with Crippen LogP contribution in [-0.4, -0.2) is 0 Å². The molecular weight excluding hydrogens is 158 g/mol. The monoisotopic (exact) mass is 171 g/mol. The third-order valence-corrected chi connectivity index (χ3v) is 1.89. The van der Waals surface area contributed by atoms with E-state index in [1.807, 2.05) is 18.2 Å². The smallest absolute Gasteiger partial charge is 0.0625 e. The van der Waals surface area contributed by atoms with Gasteiger partial charge >= 0.3 is 0 Å². The van der Waals surface area contributed by atoms with Gasteiger partial charge in [-0.05, 0) is 18.4 Å². The molecule has 0 unspecified atom stereocenters. The predicted octanol–water partition coefficient (Wildman–Crippen LogP) is 3.09. The average molecular weight is 171 g/mol. The van der Waals surface area contributed by atoms with Gasteiger partial charge in [-0.15, -0.1) is 0 Å². The van der Waals surface area contributed by atoms with Crippen LogP contribution in [0.15, 0.2) is 42.5 Å². The Labute approximate surface area is 79.3 Å². The van der Waals surface area contributed by atoms with E-state index in [-0.39, 0.29) is 0 Å². The lowest BCUT2D eigenvalue weighted by molar-refractivity contribution is 0.939. The van der Waals surface area contributed by atoms with Crippen molar-refractivity contribution in [3.63, 3.8) is 0 Å². The molecule has 13 heavy (non-hydrogen) atoms. The van der Waals surface area contributed by atoms with Crippen LogP contribution in [0.1, 0.15) is 18.4 Å². The molecule has 0 aliphatic carbocycles. The molecule has 0 fully saturated rings. The van der Waals surface area contributed by atoms with Gasteiger partial charge in [0.2, 0.25) is 0 Å². The number of allylic oxidation sites excluding steroid dienone is 1. The van der Waals surface area contributed by atoms with Crippen molar-refractivity contribution in [2.24, 2.45) is 0 Å². The molecule has 0 aliphatic heterocycles. The molecular formula is C12H13N. The topological polar surface area (TPSA) is 23.8 Å². The van der Waals surface area contributed by atoms with Crippen molar-refractivity contribution in [3.8, 4) is 6.07 Å². The van der Waals surface area contributed by atoms with E-state index in [4.69, 9.17) is 5.26 Å². The zero-order valence-electron chi connectivity index (χ0n) is 7.66. The minimum absolute atomic E-state index is 0.575. The third-order valence-electron chi connectivity index (χ3n) is 1.89. The number of benzene rings is 1. The van der Waals surface area contributed by atoms with Crippen LogP contribution in [0.4, 0.5) is 0 Å². The Balaban J connectivity index is 2.42. The van der Waals surface area contributed by atoms with Crippen molar-refractivity contribution < 1.29 is 0 Å². The first-order valence-corrected chi connectivity index (χ1v) is 4.40. The Kier molecular flexibility index (Phi) is 3.78. The summed E-state index contributed by atoms with van der Waals surface area (Å²) in [6, 6.07) is 12.3. The lowest BCUT2D eigenvalue weighted by Gasteiger charge is -2.02. The second-order valence-corrected chi connectivity index (χ2v) is 3.07. The molecule has 0 heterocycles. The number of hydrogen-bond donors (Lipinski definition) is 0. The zero-order chi connectivity index (χ0) is 9.52. The molecule has 1 heteroatoms. The molecule has 0 saturated carbocycles. The quantitative estimate of drug-likeness (QED) is 0.638. The molecule has 0 aliphatic rings. The van der Waals surface area contributed by atoms with Gasteiger partial charge in [-0.3, -0.25) is 0 Å². The molecule has 1 aromatic carbocycles. The molecule has 1 rings (SSSR count). The summed E-state index contributed by atoms with van der Waals surface area (Å²) in [6.07, 6.45) is 2.28. The van der Waals surface area contributed by atoms with Crippen LogP contribution >= 0.6 is 0 Å². The molecule has 0 N–H and O–H groups in total. The normalized spacial score (nSPS) is 9.15. The first-order valence-electron chi connectivity index (χ1n) is 4.40. The predicted molar refractivity (Wildman–Crippen MR) is 54.1 cm³/mol. The van der Waals surface area contributed by atoms with E-state index in [0.717, 1.165) is 18.4 Å². The lowest BCUT2D eigenvalue weighted by Crippen LogP contribution is -1.88. The Morgan fingerprint density at radius 1 is 1.31 bits per heavy atom. The van der Waals surface area contributed by atoms with Crippen molar-refractivity contribution >= 4 is 0 Å². The summed E-state index contributed by atoms with van der Waals surface area (Å²) in [5.74, 6) is 0. The largest absolute Gasteiger partial charge is 0.198 e. The summed E-state index contributed by atoms with van der Waals surface area (Å²) < 4.78 is 0. The fourth-order valence-electron chi connectivity index (χ4n) is 1.21. The fraction of sp³-hybridized carbons (Fsp3) is 0.250. The van der Waals surface area contributed by atoms with E-state index in [1.54, 1.807) is 0 Å². The van der Waals surface area contributed by atoms with Crippen LogP contribution in [0, 0.1) is 11.3 Å². The van der Waals surface area contributed by atoms with Gasteiger partial charge in [-0.25, -0.2) is 0 Å². The second kappa shape index (κ2) is 5.16. The van der Waals surface area contributed by atoms with E-state index in [2.05, 4.69) is 24.8 Å². The van der Waals surface area contributed by atoms with Gasteiger partial charge < -0.3 is 0 Å². The molecule has 0 aromatic heterocycles. The summed E-state index contributed by atoms with van der Waals surface area (Å²) in [5.41, 5.74) is 2.40. The molecule has 0 saturated heterocycles. The highest BCUT2D eigenvalue weighted by Gasteiger charge is 1.95. The van der Waals surface area contributed by atoms with Crippen LogP contribution in [0.5, 0.6) is 0 Å². The maximum absolute atomic E-state index is 8.39. The summed E-state index contributed by atoms with van der Waals surface area (Å²) >= 11 is 0. The van der Waals surface area contributed by atoms with Gasteiger partial charge in [0.05, 0.1) is 6.07 Å². The van der Waals surface area contributed by atoms with Crippen LogP contribution in [0.25, 0.3) is 0 Å². The summed E-state index contributed by atoms with van der Waals surface area (Å²) in [5, 5.41) is 8.39. The molecule has 0 radical (unpaired) electrons. The van der Waals surface area contributed by atoms with Crippen molar-refractivity contribution in [1.29, 1.82) is 5.26 Å². The standard InChI is InChI=1S/C12H13N/c1-11(6-5-9-13)10-12-7-3-2-4-8-12/h2-4,7-8H,1,5-6,10H2. The van der Waals surface area contributed by atoms with Gasteiger partial charge in [0.25, 0.3) is 0 Å². The lowest BCUT2D eigenvalue weighted by atomic mass is 10.0. The minimum atomic E-state index is 0.575. The van der Waals surface area contributed by atoms with Crippen molar-refractivity contribution in [3.05, 3.63) is 48.0 Å². The van der Waals surface area contributed by atoms with E-state index in [0.29, 0.717) is 6.42 Å². The summed E-state index contributed by atoms with van der Waals surface area (Å²) in [7, 11) is 0. The van der Waals surface area contributed by atoms with Crippen LogP contribution < -0.4 is 0 Å². The number of nitrogens with zero attached hydrogens (tertiary/aromatic N) is 1. The second-order valence-electron chi connectivity index (χ2n) is 3.07. The maximum Gasteiger partial charge on any atom is 0.0625 e. The van der Waals surface area contributed by atoms with Crippen molar-refractivity contribution in [1.82, 2.24) is 0 Å². The highest BCUT2D eigenvalue weighted by Crippen LogP contribution is 2.10. The SMILES string of the molecule is C=C(CCC#N)Cc1ccccc1. The minimum Gasteiger partial charge on any atom is -0.198 e. The molecule has 0 atom stereocenters. The Bertz CT molecular complexity index is 306. The Hall–Kier alpha value is -1.55. The van der Waals surface area contributed by atoms with Gasteiger partial charge in [-0.1, -0.05) is 42.5 Å². The zero-order valence-corrected chi connectivity index (χ0v) is 7.66. The number of rotatable bonds is 4. The van der Waals surface area contributed by atoms with Gasteiger partial charge in [0.15, 0.2) is 0 Å². The van der Waals surface area contributed by atoms with Crippen LogP contribution in [0.3, 0.4) is 0 Å². The summed E-state index contributed by atoms with van der Waals surface area (Å²) in [6.45, 7) is 3.94. The van der Waals surface area contributed by atoms with E-state index < -0.39 is 0 Å². The molecule has 0 bridgehead atoms. The van der Waals surface area contributed by atoms with Gasteiger partial charge in [-0.2, -0.15) is 5.26 Å². The molecule has 1 nitrogen and oxygen atoms in total. The van der Waals surface area contributed by atoms with E-state index >= 15 is 0 Å².